The minimum Gasteiger partial charge on any atom is -0.503 e. The molecule has 0 saturated heterocycles. The zero-order valence-corrected chi connectivity index (χ0v) is 14.8. The quantitative estimate of drug-likeness (QED) is 0.418. The number of aromatic hydroxyl groups is 1. The fourth-order valence-corrected chi connectivity index (χ4v) is 2.08. The Labute approximate surface area is 142 Å². The molecule has 0 amide bonds. The summed E-state index contributed by atoms with van der Waals surface area (Å²) in [5, 5.41) is 16.0. The fraction of sp³-hybridized carbons (Fsp3) is 0.308. The van der Waals surface area contributed by atoms with E-state index >= 15 is 0 Å². The molecule has 0 unspecified atom stereocenters. The van der Waals surface area contributed by atoms with E-state index in [2.05, 4.69) is 30.6 Å². The number of carbonyl (C=O) groups is 1. The van der Waals surface area contributed by atoms with E-state index in [1.807, 2.05) is 12.5 Å². The smallest absolute Gasteiger partial charge is 0.189 e. The van der Waals surface area contributed by atoms with Crippen molar-refractivity contribution in [2.24, 2.45) is 0 Å². The molecule has 2 rings (SSSR count). The minimum atomic E-state index is 0.0744. The van der Waals surface area contributed by atoms with E-state index in [9.17, 15) is 4.79 Å². The van der Waals surface area contributed by atoms with Crippen LogP contribution in [-0.4, -0.2) is 57.9 Å². The van der Waals surface area contributed by atoms with Crippen molar-refractivity contribution in [2.45, 2.75) is 10.3 Å². The lowest BCUT2D eigenvalue weighted by molar-refractivity contribution is 0.112. The van der Waals surface area contributed by atoms with Crippen LogP contribution in [-0.2, 0) is 0 Å². The molecular formula is C13H18N6O2S2. The van der Waals surface area contributed by atoms with Gasteiger partial charge in [-0.2, -0.15) is 0 Å². The number of anilines is 2. The molecule has 0 aliphatic rings. The lowest BCUT2D eigenvalue weighted by atomic mass is 10.3. The summed E-state index contributed by atoms with van der Waals surface area (Å²) in [5.41, 5.74) is 0.482. The predicted molar refractivity (Wildman–Crippen MR) is 93.8 cm³/mol. The highest BCUT2D eigenvalue weighted by molar-refractivity contribution is 7.98. The molecule has 0 radical (unpaired) electrons. The van der Waals surface area contributed by atoms with Gasteiger partial charge in [0.1, 0.15) is 5.82 Å². The molecule has 2 heterocycles. The maximum atomic E-state index is 10.5. The topological polar surface area (TPSA) is 113 Å². The molecule has 8 nitrogen and oxygen atoms in total. The van der Waals surface area contributed by atoms with Gasteiger partial charge >= 0.3 is 0 Å². The van der Waals surface area contributed by atoms with Crippen molar-refractivity contribution in [3.8, 4) is 5.75 Å². The van der Waals surface area contributed by atoms with Gasteiger partial charge in [0.05, 0.1) is 11.8 Å². The van der Waals surface area contributed by atoms with Gasteiger partial charge in [-0.3, -0.25) is 4.79 Å². The number of aldehydes is 1. The van der Waals surface area contributed by atoms with Crippen molar-refractivity contribution in [1.82, 2.24) is 19.9 Å². The zero-order valence-electron chi connectivity index (χ0n) is 13.2. The summed E-state index contributed by atoms with van der Waals surface area (Å²) in [5.74, 6) is 1.11. The zero-order chi connectivity index (χ0) is 17.2. The first-order valence-electron chi connectivity index (χ1n) is 6.41. The number of nitrogens with zero attached hydrogens (tertiary/aromatic N) is 4. The fourth-order valence-electron chi connectivity index (χ4n) is 1.40. The Morgan fingerprint density at radius 2 is 1.52 bits per heavy atom. The monoisotopic (exact) mass is 354 g/mol. The van der Waals surface area contributed by atoms with Gasteiger partial charge < -0.3 is 15.7 Å². The third-order valence-electron chi connectivity index (χ3n) is 2.51. The van der Waals surface area contributed by atoms with Gasteiger partial charge in [0.25, 0.3) is 0 Å². The average Bonchev–Trinajstić information content (AvgIpc) is 2.62. The van der Waals surface area contributed by atoms with E-state index in [0.717, 1.165) is 6.29 Å². The van der Waals surface area contributed by atoms with Crippen LogP contribution in [0.2, 0.25) is 0 Å². The van der Waals surface area contributed by atoms with Crippen LogP contribution in [0.15, 0.2) is 22.7 Å². The van der Waals surface area contributed by atoms with Crippen LogP contribution in [0.3, 0.4) is 0 Å². The van der Waals surface area contributed by atoms with Crippen LogP contribution < -0.4 is 10.6 Å². The molecule has 124 valence electrons. The first-order chi connectivity index (χ1) is 11.1. The standard InChI is InChI=1S/C7H9N3OS.C6H9N3OS/c1-8-6-5(4-11)3-9-7(10-6)12-2;1-7-5-4(10)3-8-6(9-5)11-2/h3-4H,1-2H3,(H,8,9,10);3,10H,1-2H3,(H,7,8,9). The maximum absolute atomic E-state index is 10.5. The normalized spacial score (nSPS) is 9.57. The summed E-state index contributed by atoms with van der Waals surface area (Å²) in [6.07, 6.45) is 7.39. The average molecular weight is 354 g/mol. The van der Waals surface area contributed by atoms with E-state index < -0.39 is 0 Å². The molecule has 0 fully saturated rings. The third-order valence-corrected chi connectivity index (χ3v) is 3.63. The second-order valence-corrected chi connectivity index (χ2v) is 5.42. The summed E-state index contributed by atoms with van der Waals surface area (Å²) < 4.78 is 0. The first kappa shape index (κ1) is 19.0. The molecule has 0 bridgehead atoms. The van der Waals surface area contributed by atoms with Gasteiger partial charge in [0.2, 0.25) is 0 Å². The van der Waals surface area contributed by atoms with Crippen molar-refractivity contribution in [2.75, 3.05) is 37.2 Å². The summed E-state index contributed by atoms with van der Waals surface area (Å²) in [7, 11) is 3.42. The summed E-state index contributed by atoms with van der Waals surface area (Å²) >= 11 is 2.87. The molecular weight excluding hydrogens is 336 g/mol. The predicted octanol–water partition coefficient (Wildman–Crippen LogP) is 2.00. The van der Waals surface area contributed by atoms with Crippen LogP contribution in [0.5, 0.6) is 5.75 Å². The largest absolute Gasteiger partial charge is 0.503 e. The van der Waals surface area contributed by atoms with Crippen molar-refractivity contribution in [3.63, 3.8) is 0 Å². The van der Waals surface area contributed by atoms with Gasteiger partial charge in [-0.25, -0.2) is 19.9 Å². The summed E-state index contributed by atoms with van der Waals surface area (Å²) in [6, 6.07) is 0. The summed E-state index contributed by atoms with van der Waals surface area (Å²) in [4.78, 5) is 26.4. The Bertz CT molecular complexity index is 656. The van der Waals surface area contributed by atoms with Crippen molar-refractivity contribution >= 4 is 41.4 Å². The number of hydrogen-bond acceptors (Lipinski definition) is 10. The molecule has 0 spiro atoms. The highest BCUT2D eigenvalue weighted by Crippen LogP contribution is 2.20. The molecule has 0 aliphatic carbocycles. The van der Waals surface area contributed by atoms with Gasteiger partial charge in [-0.1, -0.05) is 23.5 Å². The van der Waals surface area contributed by atoms with Gasteiger partial charge in [0, 0.05) is 20.3 Å². The SMILES string of the molecule is CNc1nc(SC)ncc1C=O.CNc1nc(SC)ncc1O. The van der Waals surface area contributed by atoms with E-state index in [-0.39, 0.29) is 5.75 Å². The second-order valence-electron chi connectivity index (χ2n) is 3.87. The van der Waals surface area contributed by atoms with E-state index in [0.29, 0.717) is 27.5 Å². The van der Waals surface area contributed by atoms with Crippen molar-refractivity contribution < 1.29 is 9.90 Å². The third kappa shape index (κ3) is 5.57. The van der Waals surface area contributed by atoms with E-state index in [1.165, 1.54) is 35.9 Å². The Balaban J connectivity index is 0.000000231. The molecule has 10 heteroatoms. The molecule has 2 aromatic rings. The van der Waals surface area contributed by atoms with Crippen LogP contribution in [0.25, 0.3) is 0 Å². The number of hydrogen-bond donors (Lipinski definition) is 3. The number of aromatic nitrogens is 4. The lowest BCUT2D eigenvalue weighted by Gasteiger charge is -2.02. The van der Waals surface area contributed by atoms with Crippen LogP contribution in [0.4, 0.5) is 11.6 Å². The van der Waals surface area contributed by atoms with Crippen LogP contribution >= 0.6 is 23.5 Å². The highest BCUT2D eigenvalue weighted by Gasteiger charge is 2.03. The van der Waals surface area contributed by atoms with Gasteiger partial charge in [0.15, 0.2) is 28.2 Å². The Morgan fingerprint density at radius 3 is 2.00 bits per heavy atom. The molecule has 0 saturated carbocycles. The molecule has 3 N–H and O–H groups in total. The molecule has 23 heavy (non-hydrogen) atoms. The first-order valence-corrected chi connectivity index (χ1v) is 8.86. The number of rotatable bonds is 5. The van der Waals surface area contributed by atoms with E-state index in [1.54, 1.807) is 14.1 Å². The van der Waals surface area contributed by atoms with E-state index in [4.69, 9.17) is 5.11 Å². The minimum absolute atomic E-state index is 0.0744. The number of nitrogens with one attached hydrogen (secondary N) is 2. The summed E-state index contributed by atoms with van der Waals surface area (Å²) in [6.45, 7) is 0. The van der Waals surface area contributed by atoms with Crippen molar-refractivity contribution in [1.29, 1.82) is 0 Å². The maximum Gasteiger partial charge on any atom is 0.189 e. The molecule has 0 aromatic carbocycles. The Hall–Kier alpha value is -2.07. The molecule has 0 atom stereocenters. The van der Waals surface area contributed by atoms with Gasteiger partial charge in [-0.15, -0.1) is 0 Å². The van der Waals surface area contributed by atoms with Crippen LogP contribution in [0, 0.1) is 0 Å². The molecule has 0 aliphatic heterocycles. The Kier molecular flexibility index (Phi) is 8.13. The lowest BCUT2D eigenvalue weighted by Crippen LogP contribution is -2.00. The second kappa shape index (κ2) is 9.85. The molecule has 2 aromatic heterocycles. The van der Waals surface area contributed by atoms with Gasteiger partial charge in [-0.05, 0) is 12.5 Å². The number of carbonyl (C=O) groups excluding carboxylic acids is 1. The highest BCUT2D eigenvalue weighted by atomic mass is 32.2. The van der Waals surface area contributed by atoms with Crippen LogP contribution in [0.1, 0.15) is 10.4 Å². The number of thioether (sulfide) groups is 2. The van der Waals surface area contributed by atoms with Crippen molar-refractivity contribution in [3.05, 3.63) is 18.0 Å². The Morgan fingerprint density at radius 1 is 1.00 bits per heavy atom.